The predicted molar refractivity (Wildman–Crippen MR) is 54.9 cm³/mol. The molecule has 2 aliphatic heterocycles. The summed E-state index contributed by atoms with van der Waals surface area (Å²) < 4.78 is 0. The minimum Gasteiger partial charge on any atom is -0.368 e. The molecule has 0 aromatic carbocycles. The van der Waals surface area contributed by atoms with Crippen LogP contribution >= 0.6 is 0 Å². The zero-order valence-electron chi connectivity index (χ0n) is 8.66. The van der Waals surface area contributed by atoms with Gasteiger partial charge in [0.25, 0.3) is 0 Å². The first-order valence-corrected chi connectivity index (χ1v) is 5.05. The van der Waals surface area contributed by atoms with Crippen LogP contribution in [-0.4, -0.2) is 24.5 Å². The Labute approximate surface area is 110 Å². The number of allylic oxidation sites excluding steroid dienone is 2. The number of likely N-dealkylation sites (tertiary alicyclic amines) is 1. The Bertz CT molecular complexity index is 235. The Morgan fingerprint density at radius 2 is 2.43 bits per heavy atom. The van der Waals surface area contributed by atoms with E-state index in [4.69, 9.17) is 0 Å². The van der Waals surface area contributed by atoms with Crippen LogP contribution in [0.1, 0.15) is 13.3 Å². The van der Waals surface area contributed by atoms with Crippen molar-refractivity contribution in [2.24, 2.45) is 5.92 Å². The quantitative estimate of drug-likeness (QED) is 0.689. The summed E-state index contributed by atoms with van der Waals surface area (Å²) in [5.74, 6) is 2.08. The van der Waals surface area contributed by atoms with Crippen molar-refractivity contribution in [2.45, 2.75) is 13.3 Å². The fraction of sp³-hybridized carbons (Fsp3) is 0.545. The van der Waals surface area contributed by atoms with Crippen molar-refractivity contribution in [1.82, 2.24) is 10.2 Å². The van der Waals surface area contributed by atoms with E-state index in [1.807, 2.05) is 0 Å². The van der Waals surface area contributed by atoms with Gasteiger partial charge < -0.3 is 16.6 Å². The molecular weight excluding hydrogens is 398 g/mol. The molecule has 3 heteroatoms. The fourth-order valence-corrected chi connectivity index (χ4v) is 1.95. The number of hydrogen-bond donors (Lipinski definition) is 1. The van der Waals surface area contributed by atoms with Crippen molar-refractivity contribution < 1.29 is 31.1 Å². The van der Waals surface area contributed by atoms with Crippen molar-refractivity contribution in [3.8, 4) is 0 Å². The number of nitrogens with zero attached hydrogens (tertiary/aromatic N) is 1. The Morgan fingerprint density at radius 1 is 1.57 bits per heavy atom. The van der Waals surface area contributed by atoms with Crippen LogP contribution in [0.25, 0.3) is 0 Å². The molecular formula is C11H17N2U-. The van der Waals surface area contributed by atoms with Gasteiger partial charge in [0.2, 0.25) is 0 Å². The summed E-state index contributed by atoms with van der Waals surface area (Å²) in [5, 5.41) is 3.39. The van der Waals surface area contributed by atoms with Crippen LogP contribution in [0.2, 0.25) is 0 Å². The van der Waals surface area contributed by atoms with E-state index in [1.54, 1.807) is 0 Å². The average molecular weight is 415 g/mol. The van der Waals surface area contributed by atoms with Crippen molar-refractivity contribution in [1.29, 1.82) is 0 Å². The molecule has 2 rings (SSSR count). The summed E-state index contributed by atoms with van der Waals surface area (Å²) in [5.41, 5.74) is 0. The molecule has 0 radical (unpaired) electrons. The van der Waals surface area contributed by atoms with Crippen LogP contribution < -0.4 is 5.32 Å². The van der Waals surface area contributed by atoms with Crippen LogP contribution in [0.5, 0.6) is 0 Å². The van der Waals surface area contributed by atoms with Crippen LogP contribution in [-0.2, 0) is 0 Å². The summed E-state index contributed by atoms with van der Waals surface area (Å²) >= 11 is 0. The van der Waals surface area contributed by atoms with Crippen LogP contribution in [0, 0.1) is 43.5 Å². The number of rotatable bonds is 2. The molecule has 0 saturated carbocycles. The molecule has 1 fully saturated rings. The molecule has 1 N–H and O–H groups in total. The predicted octanol–water partition coefficient (Wildman–Crippen LogP) is 1.53. The van der Waals surface area contributed by atoms with Crippen LogP contribution in [0.15, 0.2) is 24.0 Å². The number of hydrogen-bond acceptors (Lipinski definition) is 2. The van der Waals surface area contributed by atoms with E-state index in [-0.39, 0.29) is 31.1 Å². The Morgan fingerprint density at radius 3 is 3.00 bits per heavy atom. The van der Waals surface area contributed by atoms with Crippen LogP contribution in [0.4, 0.5) is 0 Å². The second-order valence-corrected chi connectivity index (χ2v) is 3.69. The zero-order valence-corrected chi connectivity index (χ0v) is 12.8. The van der Waals surface area contributed by atoms with Gasteiger partial charge >= 0.3 is 0 Å². The second-order valence-electron chi connectivity index (χ2n) is 3.69. The Hall–Kier alpha value is 0.132. The Kier molecular flexibility index (Phi) is 5.12. The molecule has 14 heavy (non-hydrogen) atoms. The molecule has 0 spiro atoms. The molecule has 0 aromatic rings. The SMILES string of the molecule is C[CH-]C1CCN(C2=CC=CCN2)C1.[U]. The van der Waals surface area contributed by atoms with E-state index >= 15 is 0 Å². The first-order valence-electron chi connectivity index (χ1n) is 5.05. The van der Waals surface area contributed by atoms with E-state index in [9.17, 15) is 0 Å². The maximum Gasteiger partial charge on any atom is 0.101 e. The minimum absolute atomic E-state index is 0. The standard InChI is InChI=1S/C11H17N2.U/c1-2-10-6-8-13(9-10)11-5-3-4-7-12-11;/h2-5,10,12H,6-9H2,1H3;/q-1;. The van der Waals surface area contributed by atoms with Gasteiger partial charge in [0.15, 0.2) is 0 Å². The van der Waals surface area contributed by atoms with Gasteiger partial charge in [-0.3, -0.25) is 0 Å². The molecule has 2 aliphatic rings. The van der Waals surface area contributed by atoms with Gasteiger partial charge in [0.05, 0.1) is 0 Å². The summed E-state index contributed by atoms with van der Waals surface area (Å²) in [6, 6.07) is 0. The van der Waals surface area contributed by atoms with Crippen molar-refractivity contribution in [3.63, 3.8) is 0 Å². The topological polar surface area (TPSA) is 15.3 Å². The molecule has 2 nitrogen and oxygen atoms in total. The van der Waals surface area contributed by atoms with Crippen molar-refractivity contribution >= 4 is 0 Å². The Balaban J connectivity index is 0.000000980. The third-order valence-electron chi connectivity index (χ3n) is 2.83. The normalized spacial score (nSPS) is 25.4. The largest absolute Gasteiger partial charge is 0.368 e. The first kappa shape index (κ1) is 12.2. The van der Waals surface area contributed by atoms with E-state index in [1.165, 1.54) is 25.3 Å². The van der Waals surface area contributed by atoms with Crippen molar-refractivity contribution in [2.75, 3.05) is 19.6 Å². The smallest absolute Gasteiger partial charge is 0.101 e. The molecule has 0 amide bonds. The number of dihydropyridines is 1. The third kappa shape index (κ3) is 2.81. The third-order valence-corrected chi connectivity index (χ3v) is 2.83. The maximum atomic E-state index is 3.39. The zero-order chi connectivity index (χ0) is 9.10. The molecule has 1 saturated heterocycles. The van der Waals surface area contributed by atoms with E-state index in [0.717, 1.165) is 12.5 Å². The monoisotopic (exact) mass is 415 g/mol. The van der Waals surface area contributed by atoms with Crippen molar-refractivity contribution in [3.05, 3.63) is 30.5 Å². The average Bonchev–Trinajstić information content (AvgIpc) is 2.67. The number of nitrogens with one attached hydrogen (secondary N) is 1. The minimum atomic E-state index is 0. The molecule has 1 unspecified atom stereocenters. The van der Waals surface area contributed by atoms with Gasteiger partial charge in [0.1, 0.15) is 5.82 Å². The molecule has 0 bridgehead atoms. The van der Waals surface area contributed by atoms with Gasteiger partial charge in [-0.05, 0) is 12.6 Å². The van der Waals surface area contributed by atoms with E-state index < -0.39 is 0 Å². The summed E-state index contributed by atoms with van der Waals surface area (Å²) in [6.07, 6.45) is 10.1. The van der Waals surface area contributed by atoms with Gasteiger partial charge in [-0.2, -0.15) is 6.92 Å². The molecule has 1 atom stereocenters. The summed E-state index contributed by atoms with van der Waals surface area (Å²) in [6.45, 7) is 5.52. The molecule has 0 aliphatic carbocycles. The van der Waals surface area contributed by atoms with E-state index in [0.29, 0.717) is 0 Å². The van der Waals surface area contributed by atoms with Gasteiger partial charge in [-0.15, -0.1) is 5.92 Å². The van der Waals surface area contributed by atoms with Crippen LogP contribution in [0.3, 0.4) is 0 Å². The van der Waals surface area contributed by atoms with Gasteiger partial charge in [-0.1, -0.05) is 18.6 Å². The molecule has 2 heterocycles. The summed E-state index contributed by atoms with van der Waals surface area (Å²) in [7, 11) is 0. The molecule has 76 valence electrons. The fourth-order valence-electron chi connectivity index (χ4n) is 1.95. The second kappa shape index (κ2) is 5.88. The van der Waals surface area contributed by atoms with Gasteiger partial charge in [0, 0.05) is 44.2 Å². The van der Waals surface area contributed by atoms with E-state index in [2.05, 4.69) is 41.8 Å². The maximum absolute atomic E-state index is 3.39. The molecule has 0 aromatic heterocycles. The summed E-state index contributed by atoms with van der Waals surface area (Å²) in [4.78, 5) is 2.44. The first-order chi connectivity index (χ1) is 6.40. The van der Waals surface area contributed by atoms with Gasteiger partial charge in [-0.25, -0.2) is 0 Å².